The number of hydrogen-bond donors (Lipinski definition) is 3. The first kappa shape index (κ1) is 18.1. The van der Waals surface area contributed by atoms with Crippen molar-refractivity contribution in [1.29, 1.82) is 0 Å². The molecule has 0 saturated carbocycles. The monoisotopic (exact) mass is 392 g/mol. The first-order chi connectivity index (χ1) is 12.8. The number of urea groups is 2. The van der Waals surface area contributed by atoms with Crippen molar-refractivity contribution in [3.8, 4) is 0 Å². The fourth-order valence-electron chi connectivity index (χ4n) is 2.40. The number of barbiturate groups is 2. The fraction of sp³-hybridized carbons (Fsp3) is 0.143. The molecule has 0 aromatic heterocycles. The Labute approximate surface area is 155 Å². The molecule has 0 aliphatic carbocycles. The summed E-state index contributed by atoms with van der Waals surface area (Å²) in [6.45, 7) is 0. The maximum atomic E-state index is 12.5. The first-order valence-electron chi connectivity index (χ1n) is 7.26. The maximum absolute atomic E-state index is 12.5. The normalized spacial score (nSPS) is 22.6. The van der Waals surface area contributed by atoms with Gasteiger partial charge in [0, 0.05) is 17.3 Å². The van der Waals surface area contributed by atoms with Crippen LogP contribution >= 0.6 is 11.8 Å². The molecule has 1 aromatic carbocycles. The molecule has 2 fully saturated rings. The second-order valence-corrected chi connectivity index (χ2v) is 5.68. The number of benzene rings is 1. The summed E-state index contributed by atoms with van der Waals surface area (Å²) in [4.78, 5) is 71.4. The topological polar surface area (TPSA) is 166 Å². The van der Waals surface area contributed by atoms with Gasteiger partial charge in [-0.05, 0) is 0 Å². The van der Waals surface area contributed by atoms with E-state index in [1.807, 2.05) is 10.6 Å². The molecule has 0 bridgehead atoms. The molecule has 1 atom stereocenters. The Morgan fingerprint density at radius 3 is 2.11 bits per heavy atom. The van der Waals surface area contributed by atoms with Crippen LogP contribution in [0.25, 0.3) is 0 Å². The van der Waals surface area contributed by atoms with Gasteiger partial charge in [-0.3, -0.25) is 35.1 Å². The highest BCUT2D eigenvalue weighted by molar-refractivity contribution is 6.36. The van der Waals surface area contributed by atoms with Gasteiger partial charge in [-0.2, -0.15) is 14.6 Å². The van der Waals surface area contributed by atoms with E-state index in [1.165, 1.54) is 24.3 Å². The lowest BCUT2D eigenvalue weighted by Gasteiger charge is -2.30. The Bertz CT molecular complexity index is 896. The van der Waals surface area contributed by atoms with E-state index >= 15 is 0 Å². The highest BCUT2D eigenvalue weighted by Crippen LogP contribution is 2.30. The molecule has 1 unspecified atom stereocenters. The quantitative estimate of drug-likeness (QED) is 0.349. The van der Waals surface area contributed by atoms with Crippen molar-refractivity contribution in [3.05, 3.63) is 35.9 Å². The van der Waals surface area contributed by atoms with Gasteiger partial charge in [-0.15, -0.1) is 0 Å². The lowest BCUT2D eigenvalue weighted by atomic mass is 9.87. The van der Waals surface area contributed by atoms with Crippen LogP contribution in [0, 0.1) is 0 Å². The van der Waals surface area contributed by atoms with Gasteiger partial charge in [-0.25, -0.2) is 9.59 Å². The Morgan fingerprint density at radius 2 is 1.52 bits per heavy atom. The minimum atomic E-state index is -2.37. The average molecular weight is 393 g/mol. The van der Waals surface area contributed by atoms with Gasteiger partial charge in [0.1, 0.15) is 0 Å². The minimum Gasteiger partial charge on any atom is -0.275 e. The number of amides is 8. The molecular formula is C14H9ClN6O6. The number of azo groups is 1. The first-order valence-corrected chi connectivity index (χ1v) is 7.60. The number of halogens is 1. The van der Waals surface area contributed by atoms with Gasteiger partial charge >= 0.3 is 12.1 Å². The molecule has 13 heteroatoms. The van der Waals surface area contributed by atoms with E-state index in [0.717, 1.165) is 0 Å². The Balaban J connectivity index is 2.06. The Kier molecular flexibility index (Phi) is 4.41. The number of imide groups is 4. The summed E-state index contributed by atoms with van der Waals surface area (Å²) in [5, 5.41) is 12.7. The van der Waals surface area contributed by atoms with Crippen LogP contribution < -0.4 is 16.0 Å². The molecule has 2 aliphatic rings. The third-order valence-electron chi connectivity index (χ3n) is 3.71. The van der Waals surface area contributed by atoms with Crippen molar-refractivity contribution in [2.45, 2.75) is 11.6 Å². The summed E-state index contributed by atoms with van der Waals surface area (Å²) in [6, 6.07) is 3.21. The van der Waals surface area contributed by atoms with Crippen LogP contribution in [0.2, 0.25) is 0 Å². The molecule has 27 heavy (non-hydrogen) atoms. The predicted molar refractivity (Wildman–Crippen MR) is 84.7 cm³/mol. The van der Waals surface area contributed by atoms with Crippen LogP contribution in [0.15, 0.2) is 40.6 Å². The lowest BCUT2D eigenvalue weighted by molar-refractivity contribution is -0.140. The Hall–Kier alpha value is -3.67. The zero-order valence-electron chi connectivity index (χ0n) is 13.1. The summed E-state index contributed by atoms with van der Waals surface area (Å²) in [5.41, 5.74) is -2.34. The summed E-state index contributed by atoms with van der Waals surface area (Å²) in [7, 11) is 0. The van der Waals surface area contributed by atoms with Gasteiger partial charge in [0.2, 0.25) is 6.04 Å². The number of nitrogens with one attached hydrogen (secondary N) is 3. The van der Waals surface area contributed by atoms with Crippen LogP contribution in [0.3, 0.4) is 0 Å². The number of nitrogens with zero attached hydrogens (tertiary/aromatic N) is 3. The van der Waals surface area contributed by atoms with Gasteiger partial charge in [0.15, 0.2) is 0 Å². The van der Waals surface area contributed by atoms with Crippen LogP contribution in [0.1, 0.15) is 5.56 Å². The summed E-state index contributed by atoms with van der Waals surface area (Å²) in [5.74, 6) is -4.62. The third-order valence-corrected chi connectivity index (χ3v) is 4.03. The molecular weight excluding hydrogens is 384 g/mol. The third kappa shape index (κ3) is 2.91. The van der Waals surface area contributed by atoms with Gasteiger partial charge < -0.3 is 0 Å². The smallest absolute Gasteiger partial charge is 0.275 e. The van der Waals surface area contributed by atoms with E-state index in [9.17, 15) is 28.8 Å². The van der Waals surface area contributed by atoms with Crippen LogP contribution in [0.5, 0.6) is 0 Å². The molecule has 0 radical (unpaired) electrons. The standard InChI is InChI=1S/C14H9ClN6O6/c15-21-9(23)7(8(22)16-13(21)27)19-20-14(6-4-2-1-3-5-6)10(24)17-12(26)18-11(14)25/h1-5,7H,(H,16,22,27)(H2,17,18,24,25,26). The number of carbonyl (C=O) groups is 6. The molecule has 2 saturated heterocycles. The zero-order valence-corrected chi connectivity index (χ0v) is 13.9. The average Bonchev–Trinajstić information content (AvgIpc) is 2.62. The van der Waals surface area contributed by atoms with E-state index in [2.05, 4.69) is 10.2 Å². The second kappa shape index (κ2) is 6.57. The Morgan fingerprint density at radius 1 is 0.926 bits per heavy atom. The van der Waals surface area contributed by atoms with Gasteiger partial charge in [0.25, 0.3) is 29.2 Å². The van der Waals surface area contributed by atoms with Gasteiger partial charge in [0.05, 0.1) is 0 Å². The van der Waals surface area contributed by atoms with E-state index in [-0.39, 0.29) is 9.98 Å². The van der Waals surface area contributed by atoms with Crippen LogP contribution in [-0.2, 0) is 24.7 Å². The van der Waals surface area contributed by atoms with Gasteiger partial charge in [-0.1, -0.05) is 30.3 Å². The number of carbonyl (C=O) groups excluding carboxylic acids is 6. The van der Waals surface area contributed by atoms with Crippen LogP contribution in [-0.4, -0.2) is 46.2 Å². The van der Waals surface area contributed by atoms with Crippen molar-refractivity contribution >= 4 is 47.5 Å². The SMILES string of the molecule is O=C1NC(=O)C(N=NC2C(=O)NC(=O)N(Cl)C2=O)(c2ccccc2)C(=O)N1. The maximum Gasteiger partial charge on any atom is 0.345 e. The van der Waals surface area contributed by atoms with Crippen LogP contribution in [0.4, 0.5) is 9.59 Å². The van der Waals surface area contributed by atoms with E-state index in [4.69, 9.17) is 11.8 Å². The highest BCUT2D eigenvalue weighted by Gasteiger charge is 2.53. The van der Waals surface area contributed by atoms with Crippen molar-refractivity contribution in [2.75, 3.05) is 0 Å². The minimum absolute atomic E-state index is 0.0266. The van der Waals surface area contributed by atoms with Crippen molar-refractivity contribution in [3.63, 3.8) is 0 Å². The largest absolute Gasteiger partial charge is 0.345 e. The molecule has 3 rings (SSSR count). The summed E-state index contributed by atoms with van der Waals surface area (Å²) in [6.07, 6.45) is 0. The lowest BCUT2D eigenvalue weighted by Crippen LogP contribution is -2.64. The van der Waals surface area contributed by atoms with Crippen molar-refractivity contribution in [2.24, 2.45) is 10.2 Å². The molecule has 8 amide bonds. The highest BCUT2D eigenvalue weighted by atomic mass is 35.5. The second-order valence-electron chi connectivity index (χ2n) is 5.35. The van der Waals surface area contributed by atoms with E-state index in [0.29, 0.717) is 0 Å². The van der Waals surface area contributed by atoms with Crippen molar-refractivity contribution in [1.82, 2.24) is 20.4 Å². The molecule has 3 N–H and O–H groups in total. The number of hydrogen-bond acceptors (Lipinski definition) is 8. The molecule has 2 aliphatic heterocycles. The molecule has 138 valence electrons. The molecule has 2 heterocycles. The van der Waals surface area contributed by atoms with E-state index in [1.54, 1.807) is 11.4 Å². The molecule has 12 nitrogen and oxygen atoms in total. The molecule has 0 spiro atoms. The van der Waals surface area contributed by atoms with Crippen molar-refractivity contribution < 1.29 is 28.8 Å². The zero-order chi connectivity index (χ0) is 19.8. The summed E-state index contributed by atoms with van der Waals surface area (Å²) >= 11 is 5.44. The van der Waals surface area contributed by atoms with E-state index < -0.39 is 47.3 Å². The predicted octanol–water partition coefficient (Wildman–Crippen LogP) is -0.699. The molecule has 1 aromatic rings. The summed E-state index contributed by atoms with van der Waals surface area (Å²) < 4.78 is 0.0881. The fourth-order valence-corrected chi connectivity index (χ4v) is 2.53. The number of rotatable bonds is 3.